The van der Waals surface area contributed by atoms with Gasteiger partial charge in [-0.3, -0.25) is 4.98 Å². The van der Waals surface area contributed by atoms with Crippen LogP contribution in [0.25, 0.3) is 0 Å². The second-order valence-corrected chi connectivity index (χ2v) is 2.18. The van der Waals surface area contributed by atoms with Crippen LogP contribution in [0.1, 0.15) is 18.6 Å². The molecule has 0 amide bonds. The Hall–Kier alpha value is -0.825. The summed E-state index contributed by atoms with van der Waals surface area (Å²) in [7, 11) is 5.50. The highest BCUT2D eigenvalue weighted by Gasteiger charge is 2.01. The lowest BCUT2D eigenvalue weighted by Crippen LogP contribution is -2.12. The Bertz CT molecular complexity index is 225. The Balaban J connectivity index is 3.03. The maximum absolute atomic E-state index is 9.10. The van der Waals surface area contributed by atoms with E-state index < -0.39 is 6.10 Å². The van der Waals surface area contributed by atoms with E-state index in [4.69, 9.17) is 13.0 Å². The summed E-state index contributed by atoms with van der Waals surface area (Å²) in [5, 5.41) is 9.10. The van der Waals surface area contributed by atoms with Gasteiger partial charge in [0.1, 0.15) is 7.85 Å². The standard InChI is InChI=1S/C7H8BNO/c1-5(10)6-2-3-9-4-7(6)8/h2-5,10H,1H3. The van der Waals surface area contributed by atoms with E-state index in [-0.39, 0.29) is 0 Å². The number of pyridine rings is 1. The highest BCUT2D eigenvalue weighted by atomic mass is 16.3. The van der Waals surface area contributed by atoms with Crippen molar-refractivity contribution in [1.82, 2.24) is 4.98 Å². The molecule has 0 aliphatic carbocycles. The van der Waals surface area contributed by atoms with Gasteiger partial charge in [0, 0.05) is 12.4 Å². The maximum Gasteiger partial charge on any atom is 0.116 e. The topological polar surface area (TPSA) is 33.1 Å². The fourth-order valence-corrected chi connectivity index (χ4v) is 0.798. The first-order valence-corrected chi connectivity index (χ1v) is 3.09. The molecule has 1 N–H and O–H groups in total. The number of hydrogen-bond acceptors (Lipinski definition) is 2. The van der Waals surface area contributed by atoms with Gasteiger partial charge in [-0.15, -0.1) is 0 Å². The Morgan fingerprint density at radius 2 is 2.40 bits per heavy atom. The first-order valence-electron chi connectivity index (χ1n) is 3.09. The van der Waals surface area contributed by atoms with Gasteiger partial charge >= 0.3 is 0 Å². The van der Waals surface area contributed by atoms with E-state index >= 15 is 0 Å². The van der Waals surface area contributed by atoms with Gasteiger partial charge in [0.2, 0.25) is 0 Å². The lowest BCUT2D eigenvalue weighted by molar-refractivity contribution is 0.200. The maximum atomic E-state index is 9.10. The summed E-state index contributed by atoms with van der Waals surface area (Å²) >= 11 is 0. The van der Waals surface area contributed by atoms with Gasteiger partial charge in [0.05, 0.1) is 6.10 Å². The molecule has 50 valence electrons. The van der Waals surface area contributed by atoms with Crippen LogP contribution in [0, 0.1) is 0 Å². The minimum absolute atomic E-state index is 0.511. The molecule has 2 nitrogen and oxygen atoms in total. The van der Waals surface area contributed by atoms with Crippen LogP contribution in [0.3, 0.4) is 0 Å². The van der Waals surface area contributed by atoms with E-state index in [9.17, 15) is 0 Å². The molecule has 1 rings (SSSR count). The SMILES string of the molecule is [B]c1cnccc1C(C)O. The van der Waals surface area contributed by atoms with Crippen molar-refractivity contribution >= 4 is 13.3 Å². The summed E-state index contributed by atoms with van der Waals surface area (Å²) in [4.78, 5) is 3.79. The van der Waals surface area contributed by atoms with E-state index in [2.05, 4.69) is 4.98 Å². The molecule has 10 heavy (non-hydrogen) atoms. The normalized spacial score (nSPS) is 13.0. The van der Waals surface area contributed by atoms with Gasteiger partial charge in [-0.25, -0.2) is 0 Å². The second-order valence-electron chi connectivity index (χ2n) is 2.18. The number of aliphatic hydroxyl groups is 1. The van der Waals surface area contributed by atoms with Crippen molar-refractivity contribution in [1.29, 1.82) is 0 Å². The third-order valence-corrected chi connectivity index (χ3v) is 1.34. The molecule has 1 atom stereocenters. The number of rotatable bonds is 1. The van der Waals surface area contributed by atoms with Crippen molar-refractivity contribution < 1.29 is 5.11 Å². The molecular formula is C7H8BNO. The van der Waals surface area contributed by atoms with Gasteiger partial charge in [-0.2, -0.15) is 0 Å². The smallest absolute Gasteiger partial charge is 0.116 e. The van der Waals surface area contributed by atoms with Crippen LogP contribution in [0.15, 0.2) is 18.5 Å². The zero-order valence-electron chi connectivity index (χ0n) is 5.78. The highest BCUT2D eigenvalue weighted by molar-refractivity contribution is 6.33. The first kappa shape index (κ1) is 7.28. The first-order chi connectivity index (χ1) is 4.72. The summed E-state index contributed by atoms with van der Waals surface area (Å²) in [5.41, 5.74) is 1.27. The molecule has 0 aliphatic rings. The predicted molar refractivity (Wildman–Crippen MR) is 40.3 cm³/mol. The molecule has 3 heteroatoms. The third kappa shape index (κ3) is 1.36. The number of aliphatic hydroxyl groups excluding tert-OH is 1. The van der Waals surface area contributed by atoms with E-state index in [1.165, 1.54) is 6.20 Å². The zero-order chi connectivity index (χ0) is 7.56. The van der Waals surface area contributed by atoms with Crippen LogP contribution in [0.4, 0.5) is 0 Å². The Kier molecular flexibility index (Phi) is 2.07. The molecule has 1 aromatic rings. The minimum Gasteiger partial charge on any atom is -0.389 e. The monoisotopic (exact) mass is 133 g/mol. The fourth-order valence-electron chi connectivity index (χ4n) is 0.798. The average Bonchev–Trinajstić information content (AvgIpc) is 1.88. The molecule has 0 saturated heterocycles. The Morgan fingerprint density at radius 1 is 1.70 bits per heavy atom. The molecule has 0 fully saturated rings. The van der Waals surface area contributed by atoms with Crippen molar-refractivity contribution in [3.63, 3.8) is 0 Å². The van der Waals surface area contributed by atoms with Crippen molar-refractivity contribution in [3.05, 3.63) is 24.0 Å². The molecule has 1 heterocycles. The van der Waals surface area contributed by atoms with E-state index in [1.807, 2.05) is 0 Å². The molecule has 0 bridgehead atoms. The summed E-state index contributed by atoms with van der Waals surface area (Å²) in [6.45, 7) is 1.67. The van der Waals surface area contributed by atoms with Gasteiger partial charge < -0.3 is 5.11 Å². The quantitative estimate of drug-likeness (QED) is 0.544. The van der Waals surface area contributed by atoms with Crippen LogP contribution in [0.5, 0.6) is 0 Å². The minimum atomic E-state index is -0.511. The second kappa shape index (κ2) is 2.84. The highest BCUT2D eigenvalue weighted by Crippen LogP contribution is 2.05. The molecular weight excluding hydrogens is 125 g/mol. The lowest BCUT2D eigenvalue weighted by Gasteiger charge is -2.06. The molecule has 1 unspecified atom stereocenters. The predicted octanol–water partition coefficient (Wildman–Crippen LogP) is -0.0713. The van der Waals surface area contributed by atoms with Crippen molar-refractivity contribution in [2.45, 2.75) is 13.0 Å². The number of hydrogen-bond donors (Lipinski definition) is 1. The van der Waals surface area contributed by atoms with Crippen molar-refractivity contribution in [2.75, 3.05) is 0 Å². The molecule has 2 radical (unpaired) electrons. The van der Waals surface area contributed by atoms with Gasteiger partial charge in [-0.1, -0.05) is 5.46 Å². The van der Waals surface area contributed by atoms with E-state index in [1.54, 1.807) is 19.2 Å². The van der Waals surface area contributed by atoms with E-state index in [0.29, 0.717) is 5.46 Å². The average molecular weight is 133 g/mol. The summed E-state index contributed by atoms with van der Waals surface area (Å²) < 4.78 is 0. The van der Waals surface area contributed by atoms with Crippen LogP contribution in [0.2, 0.25) is 0 Å². The van der Waals surface area contributed by atoms with Gasteiger partial charge in [-0.05, 0) is 18.6 Å². The zero-order valence-corrected chi connectivity index (χ0v) is 5.78. The van der Waals surface area contributed by atoms with Crippen LogP contribution < -0.4 is 5.46 Å². The van der Waals surface area contributed by atoms with Gasteiger partial charge in [0.15, 0.2) is 0 Å². The third-order valence-electron chi connectivity index (χ3n) is 1.34. The molecule has 1 aromatic heterocycles. The van der Waals surface area contributed by atoms with Gasteiger partial charge in [0.25, 0.3) is 0 Å². The largest absolute Gasteiger partial charge is 0.389 e. The van der Waals surface area contributed by atoms with E-state index in [0.717, 1.165) is 5.56 Å². The number of aromatic nitrogens is 1. The Labute approximate surface area is 61.3 Å². The summed E-state index contributed by atoms with van der Waals surface area (Å²) in [6.07, 6.45) is 2.63. The molecule has 0 aliphatic heterocycles. The summed E-state index contributed by atoms with van der Waals surface area (Å²) in [6, 6.07) is 1.71. The molecule has 0 saturated carbocycles. The molecule has 0 aromatic carbocycles. The fraction of sp³-hybridized carbons (Fsp3) is 0.286. The van der Waals surface area contributed by atoms with Crippen LogP contribution in [-0.4, -0.2) is 17.9 Å². The van der Waals surface area contributed by atoms with Crippen LogP contribution in [-0.2, 0) is 0 Å². The lowest BCUT2D eigenvalue weighted by atomic mass is 9.91. The van der Waals surface area contributed by atoms with Crippen LogP contribution >= 0.6 is 0 Å². The number of nitrogens with zero attached hydrogens (tertiary/aromatic N) is 1. The Morgan fingerprint density at radius 3 is 2.80 bits per heavy atom. The molecule has 0 spiro atoms. The van der Waals surface area contributed by atoms with Crippen molar-refractivity contribution in [3.8, 4) is 0 Å². The summed E-state index contributed by atoms with van der Waals surface area (Å²) in [5.74, 6) is 0. The van der Waals surface area contributed by atoms with Crippen molar-refractivity contribution in [2.24, 2.45) is 0 Å².